The van der Waals surface area contributed by atoms with Gasteiger partial charge in [0.25, 0.3) is 0 Å². The first-order valence-electron chi connectivity index (χ1n) is 5.51. The molecule has 2 aliphatic carbocycles. The highest BCUT2D eigenvalue weighted by Crippen LogP contribution is 2.56. The average Bonchev–Trinajstić information content (AvgIpc) is 2.74. The molecule has 0 heterocycles. The molecule has 0 aliphatic heterocycles. The van der Waals surface area contributed by atoms with Crippen LogP contribution in [0.5, 0.6) is 0 Å². The van der Waals surface area contributed by atoms with Crippen LogP contribution >= 0.6 is 0 Å². The second kappa shape index (κ2) is 3.51. The van der Waals surface area contributed by atoms with Gasteiger partial charge in [-0.15, -0.1) is 0 Å². The lowest BCUT2D eigenvalue weighted by Crippen LogP contribution is -2.29. The van der Waals surface area contributed by atoms with E-state index in [1.807, 2.05) is 0 Å². The van der Waals surface area contributed by atoms with Crippen LogP contribution in [-0.2, 0) is 9.59 Å². The number of carboxylic acid groups (broad SMARTS) is 2. The Hall–Kier alpha value is -1.06. The molecule has 4 heteroatoms. The SMILES string of the molecule is O=C(O)[C@H]1CC[C@]2(CCC[C@@H]2C(=O)O)C1. The summed E-state index contributed by atoms with van der Waals surface area (Å²) in [5.41, 5.74) is -0.200. The third-order valence-corrected chi connectivity index (χ3v) is 4.20. The molecule has 4 nitrogen and oxygen atoms in total. The monoisotopic (exact) mass is 212 g/mol. The maximum Gasteiger partial charge on any atom is 0.307 e. The van der Waals surface area contributed by atoms with Crippen molar-refractivity contribution in [3.05, 3.63) is 0 Å². The van der Waals surface area contributed by atoms with E-state index < -0.39 is 11.9 Å². The van der Waals surface area contributed by atoms with Crippen LogP contribution in [0, 0.1) is 17.3 Å². The Morgan fingerprint density at radius 2 is 1.80 bits per heavy atom. The molecule has 0 aromatic rings. The van der Waals surface area contributed by atoms with Crippen LogP contribution in [0.1, 0.15) is 38.5 Å². The predicted octanol–water partition coefficient (Wildman–Crippen LogP) is 1.74. The Kier molecular flexibility index (Phi) is 2.44. The first-order valence-corrected chi connectivity index (χ1v) is 5.51. The smallest absolute Gasteiger partial charge is 0.307 e. The lowest BCUT2D eigenvalue weighted by Gasteiger charge is -2.28. The lowest BCUT2D eigenvalue weighted by atomic mass is 9.76. The van der Waals surface area contributed by atoms with E-state index in [1.165, 1.54) is 0 Å². The highest BCUT2D eigenvalue weighted by Gasteiger charge is 2.52. The van der Waals surface area contributed by atoms with Gasteiger partial charge in [0.05, 0.1) is 11.8 Å². The summed E-state index contributed by atoms with van der Waals surface area (Å²) < 4.78 is 0. The van der Waals surface area contributed by atoms with Crippen LogP contribution < -0.4 is 0 Å². The molecular formula is C11H16O4. The van der Waals surface area contributed by atoms with E-state index in [-0.39, 0.29) is 17.3 Å². The fourth-order valence-electron chi connectivity index (χ4n) is 3.43. The minimum absolute atomic E-state index is 0.200. The van der Waals surface area contributed by atoms with Crippen molar-refractivity contribution >= 4 is 11.9 Å². The van der Waals surface area contributed by atoms with Gasteiger partial charge >= 0.3 is 11.9 Å². The fourth-order valence-corrected chi connectivity index (χ4v) is 3.43. The Labute approximate surface area is 88.3 Å². The van der Waals surface area contributed by atoms with Gasteiger partial charge in [-0.1, -0.05) is 6.42 Å². The topological polar surface area (TPSA) is 74.6 Å². The van der Waals surface area contributed by atoms with Gasteiger partial charge in [0.2, 0.25) is 0 Å². The molecule has 0 unspecified atom stereocenters. The van der Waals surface area contributed by atoms with Crippen molar-refractivity contribution in [1.29, 1.82) is 0 Å². The second-order valence-electron chi connectivity index (χ2n) is 4.92. The van der Waals surface area contributed by atoms with Crippen LogP contribution in [0.15, 0.2) is 0 Å². The first kappa shape index (κ1) is 10.5. The van der Waals surface area contributed by atoms with E-state index in [0.717, 1.165) is 25.7 Å². The second-order valence-corrected chi connectivity index (χ2v) is 4.92. The van der Waals surface area contributed by atoms with Gasteiger partial charge in [-0.3, -0.25) is 9.59 Å². The maximum absolute atomic E-state index is 11.1. The summed E-state index contributed by atoms with van der Waals surface area (Å²) in [6, 6.07) is 0. The molecule has 0 bridgehead atoms. The number of carboxylic acids is 2. The zero-order valence-corrected chi connectivity index (χ0v) is 8.61. The van der Waals surface area contributed by atoms with Crippen molar-refractivity contribution in [2.45, 2.75) is 38.5 Å². The first-order chi connectivity index (χ1) is 7.05. The molecular weight excluding hydrogens is 196 g/mol. The third kappa shape index (κ3) is 1.62. The van der Waals surface area contributed by atoms with Crippen LogP contribution in [0.25, 0.3) is 0 Å². The quantitative estimate of drug-likeness (QED) is 0.731. The predicted molar refractivity (Wildman–Crippen MR) is 52.4 cm³/mol. The van der Waals surface area contributed by atoms with Crippen LogP contribution in [0.4, 0.5) is 0 Å². The Bertz CT molecular complexity index is 299. The minimum Gasteiger partial charge on any atom is -0.481 e. The van der Waals surface area contributed by atoms with E-state index in [9.17, 15) is 9.59 Å². The highest BCUT2D eigenvalue weighted by atomic mass is 16.4. The highest BCUT2D eigenvalue weighted by molar-refractivity contribution is 5.73. The lowest BCUT2D eigenvalue weighted by molar-refractivity contribution is -0.147. The molecule has 2 fully saturated rings. The third-order valence-electron chi connectivity index (χ3n) is 4.20. The van der Waals surface area contributed by atoms with E-state index in [2.05, 4.69) is 0 Å². The summed E-state index contributed by atoms with van der Waals surface area (Å²) in [5, 5.41) is 18.1. The molecule has 0 amide bonds. The molecule has 3 atom stereocenters. The Morgan fingerprint density at radius 1 is 1.07 bits per heavy atom. The van der Waals surface area contributed by atoms with Crippen LogP contribution in [0.3, 0.4) is 0 Å². The average molecular weight is 212 g/mol. The van der Waals surface area contributed by atoms with Crippen molar-refractivity contribution in [3.63, 3.8) is 0 Å². The summed E-state index contributed by atoms with van der Waals surface area (Å²) in [7, 11) is 0. The van der Waals surface area contributed by atoms with E-state index in [0.29, 0.717) is 12.8 Å². The molecule has 2 aliphatic rings. The van der Waals surface area contributed by atoms with Gasteiger partial charge in [-0.05, 0) is 37.5 Å². The molecule has 0 aromatic carbocycles. The van der Waals surface area contributed by atoms with Gasteiger partial charge in [-0.2, -0.15) is 0 Å². The fraction of sp³-hybridized carbons (Fsp3) is 0.818. The van der Waals surface area contributed by atoms with Crippen molar-refractivity contribution in [2.24, 2.45) is 17.3 Å². The Morgan fingerprint density at radius 3 is 2.33 bits per heavy atom. The summed E-state index contributed by atoms with van der Waals surface area (Å²) in [4.78, 5) is 22.0. The molecule has 2 saturated carbocycles. The van der Waals surface area contributed by atoms with Crippen molar-refractivity contribution in [3.8, 4) is 0 Å². The molecule has 0 radical (unpaired) electrons. The van der Waals surface area contributed by atoms with Crippen molar-refractivity contribution < 1.29 is 19.8 Å². The molecule has 0 aromatic heterocycles. The zero-order valence-electron chi connectivity index (χ0n) is 8.61. The number of carbonyl (C=O) groups is 2. The maximum atomic E-state index is 11.1. The number of rotatable bonds is 2. The van der Waals surface area contributed by atoms with Crippen molar-refractivity contribution in [2.75, 3.05) is 0 Å². The van der Waals surface area contributed by atoms with E-state index in [1.54, 1.807) is 0 Å². The number of hydrogen-bond acceptors (Lipinski definition) is 2. The molecule has 1 spiro atoms. The normalized spacial score (nSPS) is 39.7. The van der Waals surface area contributed by atoms with Gasteiger partial charge in [0.1, 0.15) is 0 Å². The zero-order chi connectivity index (χ0) is 11.1. The summed E-state index contributed by atoms with van der Waals surface area (Å²) in [6.07, 6.45) is 4.55. The molecule has 84 valence electrons. The summed E-state index contributed by atoms with van der Waals surface area (Å²) >= 11 is 0. The number of hydrogen-bond donors (Lipinski definition) is 2. The van der Waals surface area contributed by atoms with Gasteiger partial charge in [0.15, 0.2) is 0 Å². The Balaban J connectivity index is 2.14. The van der Waals surface area contributed by atoms with Gasteiger partial charge < -0.3 is 10.2 Å². The largest absolute Gasteiger partial charge is 0.481 e. The summed E-state index contributed by atoms with van der Waals surface area (Å²) in [5.74, 6) is -2.12. The molecule has 0 saturated heterocycles. The van der Waals surface area contributed by atoms with Crippen molar-refractivity contribution in [1.82, 2.24) is 0 Å². The summed E-state index contributed by atoms with van der Waals surface area (Å²) in [6.45, 7) is 0. The van der Waals surface area contributed by atoms with Crippen LogP contribution in [0.2, 0.25) is 0 Å². The van der Waals surface area contributed by atoms with Gasteiger partial charge in [0, 0.05) is 0 Å². The minimum atomic E-state index is -0.761. The molecule has 2 N–H and O–H groups in total. The number of aliphatic carboxylic acids is 2. The van der Waals surface area contributed by atoms with E-state index in [4.69, 9.17) is 10.2 Å². The molecule has 2 rings (SSSR count). The molecule has 15 heavy (non-hydrogen) atoms. The van der Waals surface area contributed by atoms with Gasteiger partial charge in [-0.25, -0.2) is 0 Å². The standard InChI is InChI=1S/C11H16O4/c12-9(13)7-3-5-11(6-7)4-1-2-8(11)10(14)15/h7-8H,1-6H2,(H,12,13)(H,14,15)/t7-,8+,11+/m0/s1. The van der Waals surface area contributed by atoms with Crippen LogP contribution in [-0.4, -0.2) is 22.2 Å². The van der Waals surface area contributed by atoms with E-state index >= 15 is 0 Å².